The molecule has 2 N–H and O–H groups in total. The Morgan fingerprint density at radius 2 is 2.13 bits per heavy atom. The summed E-state index contributed by atoms with van der Waals surface area (Å²) < 4.78 is 4.92. The van der Waals surface area contributed by atoms with Gasteiger partial charge in [-0.25, -0.2) is 0 Å². The van der Waals surface area contributed by atoms with Gasteiger partial charge in [-0.1, -0.05) is 0 Å². The molecule has 4 nitrogen and oxygen atoms in total. The molecule has 2 rings (SSSR count). The molecule has 0 unspecified atom stereocenters. The fraction of sp³-hybridized carbons (Fsp3) is 0.182. The number of aromatic nitrogens is 1. The van der Waals surface area contributed by atoms with Gasteiger partial charge in [0.25, 0.3) is 0 Å². The zero-order valence-corrected chi connectivity index (χ0v) is 8.50. The fourth-order valence-corrected chi connectivity index (χ4v) is 1.58. The van der Waals surface area contributed by atoms with E-state index in [0.717, 1.165) is 16.5 Å². The highest BCUT2D eigenvalue weighted by molar-refractivity contribution is 5.86. The van der Waals surface area contributed by atoms with Crippen LogP contribution in [0.4, 0.5) is 0 Å². The predicted octanol–water partition coefficient (Wildman–Crippen LogP) is 2.11. The van der Waals surface area contributed by atoms with Gasteiger partial charge >= 0.3 is 5.97 Å². The van der Waals surface area contributed by atoms with Gasteiger partial charge < -0.3 is 14.8 Å². The molecule has 0 bridgehead atoms. The minimum absolute atomic E-state index is 0.191. The molecule has 0 radical (unpaired) electrons. The number of ether oxygens (including phenoxy) is 1. The molecule has 0 aliphatic rings. The number of carbonyl (C=O) groups excluding carboxylic acids is 1. The molecule has 78 valence electrons. The summed E-state index contributed by atoms with van der Waals surface area (Å²) in [4.78, 5) is 13.7. The van der Waals surface area contributed by atoms with Crippen LogP contribution in [-0.4, -0.2) is 16.1 Å². The van der Waals surface area contributed by atoms with Crippen LogP contribution in [0, 0.1) is 6.92 Å². The Labute approximate surface area is 86.5 Å². The van der Waals surface area contributed by atoms with Crippen molar-refractivity contribution in [3.05, 3.63) is 23.8 Å². The number of aromatic amines is 1. The van der Waals surface area contributed by atoms with Gasteiger partial charge in [0.05, 0.1) is 5.52 Å². The molecule has 15 heavy (non-hydrogen) atoms. The third-order valence-corrected chi connectivity index (χ3v) is 2.16. The van der Waals surface area contributed by atoms with Gasteiger partial charge in [0, 0.05) is 24.4 Å². The lowest BCUT2D eigenvalue weighted by molar-refractivity contribution is -0.132. The number of esters is 1. The van der Waals surface area contributed by atoms with Crippen LogP contribution in [-0.2, 0) is 4.79 Å². The summed E-state index contributed by atoms with van der Waals surface area (Å²) in [6, 6.07) is 4.99. The van der Waals surface area contributed by atoms with Crippen LogP contribution >= 0.6 is 0 Å². The van der Waals surface area contributed by atoms with E-state index in [0.29, 0.717) is 5.88 Å². The maximum absolute atomic E-state index is 10.8. The molecule has 0 saturated heterocycles. The number of hydrogen-bond acceptors (Lipinski definition) is 3. The van der Waals surface area contributed by atoms with Crippen LogP contribution in [0.25, 0.3) is 10.9 Å². The normalized spacial score (nSPS) is 10.5. The fourth-order valence-electron chi connectivity index (χ4n) is 1.58. The minimum Gasteiger partial charge on any atom is -0.508 e. The number of carbonyl (C=O) groups is 1. The van der Waals surface area contributed by atoms with Crippen LogP contribution in [0.2, 0.25) is 0 Å². The van der Waals surface area contributed by atoms with E-state index in [1.165, 1.54) is 6.92 Å². The number of benzene rings is 1. The molecule has 1 aromatic carbocycles. The minimum atomic E-state index is -0.372. The number of H-pyrrole nitrogens is 1. The van der Waals surface area contributed by atoms with Crippen molar-refractivity contribution < 1.29 is 14.6 Å². The third kappa shape index (κ3) is 1.79. The van der Waals surface area contributed by atoms with Crippen molar-refractivity contribution in [1.29, 1.82) is 0 Å². The van der Waals surface area contributed by atoms with Gasteiger partial charge in [0.2, 0.25) is 5.88 Å². The first-order valence-corrected chi connectivity index (χ1v) is 4.57. The Balaban J connectivity index is 2.55. The third-order valence-electron chi connectivity index (χ3n) is 2.16. The van der Waals surface area contributed by atoms with Crippen molar-refractivity contribution in [2.24, 2.45) is 0 Å². The summed E-state index contributed by atoms with van der Waals surface area (Å²) in [6.07, 6.45) is 0. The first-order valence-electron chi connectivity index (χ1n) is 4.57. The van der Waals surface area contributed by atoms with Crippen molar-refractivity contribution in [1.82, 2.24) is 4.98 Å². The van der Waals surface area contributed by atoms with E-state index in [4.69, 9.17) is 4.74 Å². The molecule has 0 aliphatic heterocycles. The number of rotatable bonds is 1. The van der Waals surface area contributed by atoms with Gasteiger partial charge in [0.15, 0.2) is 0 Å². The summed E-state index contributed by atoms with van der Waals surface area (Å²) in [7, 11) is 0. The summed E-state index contributed by atoms with van der Waals surface area (Å²) in [5, 5.41) is 10.3. The molecular weight excluding hydrogens is 194 g/mol. The van der Waals surface area contributed by atoms with Gasteiger partial charge in [-0.05, 0) is 18.6 Å². The van der Waals surface area contributed by atoms with E-state index in [2.05, 4.69) is 4.98 Å². The summed E-state index contributed by atoms with van der Waals surface area (Å²) >= 11 is 0. The first kappa shape index (κ1) is 9.58. The Morgan fingerprint density at radius 1 is 1.40 bits per heavy atom. The van der Waals surface area contributed by atoms with Crippen LogP contribution in [0.1, 0.15) is 12.5 Å². The number of hydrogen-bond donors (Lipinski definition) is 2. The summed E-state index contributed by atoms with van der Waals surface area (Å²) in [5.74, 6) is 0.214. The Kier molecular flexibility index (Phi) is 2.11. The van der Waals surface area contributed by atoms with Crippen LogP contribution in [0.15, 0.2) is 18.2 Å². The average molecular weight is 205 g/mol. The summed E-state index contributed by atoms with van der Waals surface area (Å²) in [6.45, 7) is 3.23. The quantitative estimate of drug-likeness (QED) is 0.701. The Hall–Kier alpha value is -1.97. The second kappa shape index (κ2) is 3.31. The molecule has 0 saturated carbocycles. The number of phenols is 1. The molecule has 0 amide bonds. The SMILES string of the molecule is CC(=O)Oc1cc2c(C)cc(O)cc2[nH]1. The largest absolute Gasteiger partial charge is 0.508 e. The van der Waals surface area contributed by atoms with E-state index in [1.807, 2.05) is 6.92 Å². The second-order valence-corrected chi connectivity index (χ2v) is 3.45. The van der Waals surface area contributed by atoms with Gasteiger partial charge in [-0.2, -0.15) is 0 Å². The smallest absolute Gasteiger partial charge is 0.309 e. The lowest BCUT2D eigenvalue weighted by Gasteiger charge is -1.96. The average Bonchev–Trinajstić information content (AvgIpc) is 2.45. The molecule has 1 heterocycles. The molecule has 4 heteroatoms. The van der Waals surface area contributed by atoms with Gasteiger partial charge in [-0.3, -0.25) is 4.79 Å². The molecule has 2 aromatic rings. The van der Waals surface area contributed by atoms with Gasteiger partial charge in [-0.15, -0.1) is 0 Å². The molecular formula is C11H11NO3. The topological polar surface area (TPSA) is 62.3 Å². The van der Waals surface area contributed by atoms with E-state index < -0.39 is 0 Å². The van der Waals surface area contributed by atoms with E-state index >= 15 is 0 Å². The highest BCUT2D eigenvalue weighted by atomic mass is 16.5. The van der Waals surface area contributed by atoms with E-state index in [-0.39, 0.29) is 11.7 Å². The lowest BCUT2D eigenvalue weighted by Crippen LogP contribution is -2.00. The molecule has 0 atom stereocenters. The van der Waals surface area contributed by atoms with Crippen molar-refractivity contribution in [3.63, 3.8) is 0 Å². The lowest BCUT2D eigenvalue weighted by atomic mass is 10.1. The number of phenolic OH excluding ortho intramolecular Hbond substituents is 1. The van der Waals surface area contributed by atoms with E-state index in [9.17, 15) is 9.90 Å². The van der Waals surface area contributed by atoms with Gasteiger partial charge in [0.1, 0.15) is 5.75 Å². The maximum atomic E-state index is 10.8. The second-order valence-electron chi connectivity index (χ2n) is 3.45. The molecule has 0 fully saturated rings. The molecule has 0 aliphatic carbocycles. The number of aromatic hydroxyl groups is 1. The highest BCUT2D eigenvalue weighted by Gasteiger charge is 2.07. The summed E-state index contributed by atoms with van der Waals surface area (Å²) in [5.41, 5.74) is 1.68. The Bertz CT molecular complexity index is 528. The number of nitrogens with one attached hydrogen (secondary N) is 1. The number of aryl methyl sites for hydroxylation is 1. The Morgan fingerprint density at radius 3 is 2.80 bits per heavy atom. The predicted molar refractivity (Wildman–Crippen MR) is 56.0 cm³/mol. The van der Waals surface area contributed by atoms with Crippen molar-refractivity contribution in [3.8, 4) is 11.6 Å². The molecule has 0 spiro atoms. The van der Waals surface area contributed by atoms with Crippen molar-refractivity contribution >= 4 is 16.9 Å². The van der Waals surface area contributed by atoms with Crippen LogP contribution in [0.3, 0.4) is 0 Å². The van der Waals surface area contributed by atoms with Crippen LogP contribution < -0.4 is 4.74 Å². The zero-order chi connectivity index (χ0) is 11.0. The monoisotopic (exact) mass is 205 g/mol. The highest BCUT2D eigenvalue weighted by Crippen LogP contribution is 2.27. The molecule has 1 aromatic heterocycles. The van der Waals surface area contributed by atoms with E-state index in [1.54, 1.807) is 18.2 Å². The van der Waals surface area contributed by atoms with Crippen molar-refractivity contribution in [2.45, 2.75) is 13.8 Å². The van der Waals surface area contributed by atoms with Crippen LogP contribution in [0.5, 0.6) is 11.6 Å². The zero-order valence-electron chi connectivity index (χ0n) is 8.50. The standard InChI is InChI=1S/C11H11NO3/c1-6-3-8(14)4-10-9(6)5-11(12-10)15-7(2)13/h3-5,12,14H,1-2H3. The number of fused-ring (bicyclic) bond motifs is 1. The maximum Gasteiger partial charge on any atom is 0.309 e. The van der Waals surface area contributed by atoms with Crippen molar-refractivity contribution in [2.75, 3.05) is 0 Å². The first-order chi connectivity index (χ1) is 7.06.